The van der Waals surface area contributed by atoms with Gasteiger partial charge >= 0.3 is 0 Å². The fourth-order valence-corrected chi connectivity index (χ4v) is 2.73. The van der Waals surface area contributed by atoms with Crippen LogP contribution in [0.2, 0.25) is 5.02 Å². The van der Waals surface area contributed by atoms with Gasteiger partial charge in [0.25, 0.3) is 0 Å². The van der Waals surface area contributed by atoms with Gasteiger partial charge < -0.3 is 5.73 Å². The molecular formula is C15H15ClN4. The highest BCUT2D eigenvalue weighted by Gasteiger charge is 2.19. The Morgan fingerprint density at radius 2 is 2.10 bits per heavy atom. The highest BCUT2D eigenvalue weighted by atomic mass is 35.5. The molecule has 1 unspecified atom stereocenters. The average molecular weight is 287 g/mol. The van der Waals surface area contributed by atoms with Crippen molar-refractivity contribution in [3.63, 3.8) is 0 Å². The van der Waals surface area contributed by atoms with E-state index in [0.29, 0.717) is 5.02 Å². The summed E-state index contributed by atoms with van der Waals surface area (Å²) in [7, 11) is 0. The molecule has 0 radical (unpaired) electrons. The monoisotopic (exact) mass is 286 g/mol. The largest absolute Gasteiger partial charge is 0.319 e. The highest BCUT2D eigenvalue weighted by Crippen LogP contribution is 2.30. The van der Waals surface area contributed by atoms with Gasteiger partial charge in [-0.1, -0.05) is 29.8 Å². The summed E-state index contributed by atoms with van der Waals surface area (Å²) in [5, 5.41) is 5.89. The van der Waals surface area contributed by atoms with Crippen LogP contribution in [0, 0.1) is 0 Å². The number of benzene rings is 1. The molecule has 102 valence electrons. The molecule has 0 saturated heterocycles. The van der Waals surface area contributed by atoms with Crippen molar-refractivity contribution in [2.24, 2.45) is 5.73 Å². The molecule has 2 heterocycles. The van der Waals surface area contributed by atoms with Crippen molar-refractivity contribution in [3.05, 3.63) is 59.0 Å². The van der Waals surface area contributed by atoms with Gasteiger partial charge in [0.2, 0.25) is 0 Å². The topological polar surface area (TPSA) is 56.7 Å². The third-order valence-corrected chi connectivity index (χ3v) is 3.74. The van der Waals surface area contributed by atoms with E-state index in [4.69, 9.17) is 17.3 Å². The predicted molar refractivity (Wildman–Crippen MR) is 80.7 cm³/mol. The zero-order valence-corrected chi connectivity index (χ0v) is 11.9. The Bertz CT molecular complexity index is 745. The summed E-state index contributed by atoms with van der Waals surface area (Å²) < 4.78 is 1.84. The molecule has 5 heteroatoms. The van der Waals surface area contributed by atoms with Crippen LogP contribution < -0.4 is 5.73 Å². The molecule has 3 aromatic rings. The summed E-state index contributed by atoms with van der Waals surface area (Å²) in [4.78, 5) is 4.36. The molecule has 0 fully saturated rings. The van der Waals surface area contributed by atoms with Gasteiger partial charge in [0.15, 0.2) is 0 Å². The number of nitrogens with zero attached hydrogens (tertiary/aromatic N) is 3. The number of rotatable bonds is 3. The summed E-state index contributed by atoms with van der Waals surface area (Å²) in [6.07, 6.45) is 3.42. The van der Waals surface area contributed by atoms with Crippen LogP contribution in [0.1, 0.15) is 24.2 Å². The van der Waals surface area contributed by atoms with Gasteiger partial charge in [-0.05, 0) is 24.6 Å². The Labute approximate surface area is 122 Å². The molecule has 0 aliphatic rings. The smallest absolute Gasteiger partial charge is 0.0837 e. The summed E-state index contributed by atoms with van der Waals surface area (Å²) >= 11 is 6.24. The first-order valence-electron chi connectivity index (χ1n) is 6.52. The third kappa shape index (κ3) is 2.07. The number of fused-ring (bicyclic) bond motifs is 1. The molecule has 0 bridgehead atoms. The number of aromatic nitrogens is 3. The highest BCUT2D eigenvalue weighted by molar-refractivity contribution is 6.31. The molecule has 2 aromatic heterocycles. The van der Waals surface area contributed by atoms with Crippen LogP contribution in [0.4, 0.5) is 0 Å². The normalized spacial score (nSPS) is 12.8. The molecule has 0 saturated carbocycles. The maximum Gasteiger partial charge on any atom is 0.0837 e. The third-order valence-electron chi connectivity index (χ3n) is 3.45. The van der Waals surface area contributed by atoms with Crippen LogP contribution >= 0.6 is 11.6 Å². The standard InChI is InChI=1S/C15H15ClN4/c1-2-20-15(12(16)9-19-20)14(17)11-7-8-18-13-6-4-3-5-10(11)13/h3-9,14H,2,17H2,1H3. The van der Waals surface area contributed by atoms with E-state index in [1.807, 2.05) is 41.9 Å². The fourth-order valence-electron chi connectivity index (χ4n) is 2.47. The minimum atomic E-state index is -0.321. The van der Waals surface area contributed by atoms with Crippen LogP contribution in [0.15, 0.2) is 42.7 Å². The van der Waals surface area contributed by atoms with E-state index in [1.54, 1.807) is 12.4 Å². The predicted octanol–water partition coefficient (Wildman–Crippen LogP) is 3.15. The number of nitrogens with two attached hydrogens (primary N) is 1. The molecule has 0 aliphatic carbocycles. The molecule has 20 heavy (non-hydrogen) atoms. The summed E-state index contributed by atoms with van der Waals surface area (Å²) in [5.74, 6) is 0. The minimum Gasteiger partial charge on any atom is -0.319 e. The van der Waals surface area contributed by atoms with Crippen molar-refractivity contribution in [2.75, 3.05) is 0 Å². The number of para-hydroxylation sites is 1. The van der Waals surface area contributed by atoms with Gasteiger partial charge in [-0.2, -0.15) is 5.10 Å². The van der Waals surface area contributed by atoms with Crippen molar-refractivity contribution in [3.8, 4) is 0 Å². The first-order chi connectivity index (χ1) is 9.72. The molecule has 2 N–H and O–H groups in total. The quantitative estimate of drug-likeness (QED) is 0.805. The summed E-state index contributed by atoms with van der Waals surface area (Å²) in [6, 6.07) is 9.57. The molecular weight excluding hydrogens is 272 g/mol. The first-order valence-corrected chi connectivity index (χ1v) is 6.90. The van der Waals surface area contributed by atoms with Crippen molar-refractivity contribution < 1.29 is 0 Å². The Morgan fingerprint density at radius 3 is 2.90 bits per heavy atom. The summed E-state index contributed by atoms with van der Waals surface area (Å²) in [5.41, 5.74) is 9.21. The van der Waals surface area contributed by atoms with Crippen LogP contribution in [-0.2, 0) is 6.54 Å². The number of halogens is 1. The van der Waals surface area contributed by atoms with Gasteiger partial charge in [0, 0.05) is 18.1 Å². The lowest BCUT2D eigenvalue weighted by atomic mass is 10.0. The van der Waals surface area contributed by atoms with E-state index in [0.717, 1.165) is 28.7 Å². The fraction of sp³-hybridized carbons (Fsp3) is 0.200. The van der Waals surface area contributed by atoms with Gasteiger partial charge in [0.05, 0.1) is 28.5 Å². The van der Waals surface area contributed by atoms with Crippen LogP contribution in [0.5, 0.6) is 0 Å². The second-order valence-electron chi connectivity index (χ2n) is 4.59. The zero-order chi connectivity index (χ0) is 14.1. The van der Waals surface area contributed by atoms with E-state index in [2.05, 4.69) is 10.1 Å². The molecule has 4 nitrogen and oxygen atoms in total. The Morgan fingerprint density at radius 1 is 1.30 bits per heavy atom. The minimum absolute atomic E-state index is 0.321. The van der Waals surface area contributed by atoms with Crippen LogP contribution in [0.25, 0.3) is 10.9 Å². The average Bonchev–Trinajstić information content (AvgIpc) is 2.87. The SMILES string of the molecule is CCn1ncc(Cl)c1C(N)c1ccnc2ccccc12. The lowest BCUT2D eigenvalue weighted by Crippen LogP contribution is -2.18. The number of pyridine rings is 1. The second-order valence-corrected chi connectivity index (χ2v) is 5.00. The Balaban J connectivity index is 2.17. The van der Waals surface area contributed by atoms with Crippen molar-refractivity contribution >= 4 is 22.5 Å². The number of hydrogen-bond donors (Lipinski definition) is 1. The van der Waals surface area contributed by atoms with E-state index < -0.39 is 0 Å². The molecule has 1 aromatic carbocycles. The maximum atomic E-state index is 6.43. The Hall–Kier alpha value is -1.91. The van der Waals surface area contributed by atoms with Crippen molar-refractivity contribution in [1.82, 2.24) is 14.8 Å². The van der Waals surface area contributed by atoms with Crippen molar-refractivity contribution in [1.29, 1.82) is 0 Å². The van der Waals surface area contributed by atoms with E-state index in [-0.39, 0.29) is 6.04 Å². The van der Waals surface area contributed by atoms with Gasteiger partial charge in [-0.25, -0.2) is 0 Å². The maximum absolute atomic E-state index is 6.43. The molecule has 3 rings (SSSR count). The number of aryl methyl sites for hydroxylation is 1. The van der Waals surface area contributed by atoms with Crippen LogP contribution in [0.3, 0.4) is 0 Å². The van der Waals surface area contributed by atoms with Gasteiger partial charge in [-0.15, -0.1) is 0 Å². The molecule has 0 amide bonds. The van der Waals surface area contributed by atoms with E-state index in [1.165, 1.54) is 0 Å². The molecule has 0 aliphatic heterocycles. The molecule has 0 spiro atoms. The summed E-state index contributed by atoms with van der Waals surface area (Å²) in [6.45, 7) is 2.75. The van der Waals surface area contributed by atoms with Gasteiger partial charge in [-0.3, -0.25) is 9.67 Å². The number of hydrogen-bond acceptors (Lipinski definition) is 3. The van der Waals surface area contributed by atoms with Crippen LogP contribution in [-0.4, -0.2) is 14.8 Å². The van der Waals surface area contributed by atoms with Crippen molar-refractivity contribution in [2.45, 2.75) is 19.5 Å². The lowest BCUT2D eigenvalue weighted by Gasteiger charge is -2.16. The zero-order valence-electron chi connectivity index (χ0n) is 11.1. The second kappa shape index (κ2) is 5.23. The lowest BCUT2D eigenvalue weighted by molar-refractivity contribution is 0.602. The first kappa shape index (κ1) is 13.1. The van der Waals surface area contributed by atoms with E-state index >= 15 is 0 Å². The van der Waals surface area contributed by atoms with Gasteiger partial charge in [0.1, 0.15) is 0 Å². The van der Waals surface area contributed by atoms with E-state index in [9.17, 15) is 0 Å². The Kier molecular flexibility index (Phi) is 3.42. The molecule has 1 atom stereocenters.